The number of anilines is 1. The second-order valence-corrected chi connectivity index (χ2v) is 5.15. The number of hydrogen-bond acceptors (Lipinski definition) is 3. The molecule has 0 radical (unpaired) electrons. The summed E-state index contributed by atoms with van der Waals surface area (Å²) in [4.78, 5) is 0. The normalized spacial score (nSPS) is 10.1. The van der Waals surface area contributed by atoms with Crippen molar-refractivity contribution in [2.24, 2.45) is 0 Å². The number of aryl methyl sites for hydroxylation is 2. The number of phenols is 1. The van der Waals surface area contributed by atoms with Crippen LogP contribution in [0.2, 0.25) is 5.02 Å². The van der Waals surface area contributed by atoms with Gasteiger partial charge in [-0.25, -0.2) is 0 Å². The second-order valence-electron chi connectivity index (χ2n) is 4.74. The van der Waals surface area contributed by atoms with Gasteiger partial charge in [-0.2, -0.15) is 5.26 Å². The number of rotatable bonds is 3. The van der Waals surface area contributed by atoms with Crippen molar-refractivity contribution in [2.45, 2.75) is 20.4 Å². The summed E-state index contributed by atoms with van der Waals surface area (Å²) in [6.45, 7) is 4.36. The average Bonchev–Trinajstić information content (AvgIpc) is 2.43. The minimum Gasteiger partial charge on any atom is -0.507 e. The predicted molar refractivity (Wildman–Crippen MR) is 81.1 cm³/mol. The van der Waals surface area contributed by atoms with E-state index in [0.717, 1.165) is 22.4 Å². The Bertz CT molecular complexity index is 666. The van der Waals surface area contributed by atoms with Gasteiger partial charge in [0.25, 0.3) is 0 Å². The van der Waals surface area contributed by atoms with E-state index in [1.807, 2.05) is 32.0 Å². The standard InChI is InChI=1S/C16H15ClN2O/c1-10-5-13(6-11(2)16(10)20)9-19-15-4-3-12(8-18)7-14(15)17/h3-7,19-20H,9H2,1-2H3. The van der Waals surface area contributed by atoms with E-state index in [1.54, 1.807) is 18.2 Å². The summed E-state index contributed by atoms with van der Waals surface area (Å²) in [5, 5.41) is 22.3. The molecule has 2 N–H and O–H groups in total. The molecule has 0 saturated carbocycles. The largest absolute Gasteiger partial charge is 0.507 e. The van der Waals surface area contributed by atoms with Crippen molar-refractivity contribution < 1.29 is 5.11 Å². The molecule has 0 fully saturated rings. The first-order valence-electron chi connectivity index (χ1n) is 6.24. The molecule has 2 aromatic rings. The maximum absolute atomic E-state index is 9.75. The Morgan fingerprint density at radius 2 is 1.85 bits per heavy atom. The molecule has 4 heteroatoms. The zero-order chi connectivity index (χ0) is 14.7. The lowest BCUT2D eigenvalue weighted by Crippen LogP contribution is -2.01. The maximum atomic E-state index is 9.75. The number of benzene rings is 2. The minimum absolute atomic E-state index is 0.338. The molecule has 0 aliphatic heterocycles. The number of nitrogens with zero attached hydrogens (tertiary/aromatic N) is 1. The van der Waals surface area contributed by atoms with Crippen LogP contribution in [-0.4, -0.2) is 5.11 Å². The monoisotopic (exact) mass is 286 g/mol. The Kier molecular flexibility index (Phi) is 4.16. The Morgan fingerprint density at radius 1 is 1.20 bits per heavy atom. The third-order valence-corrected chi connectivity index (χ3v) is 3.44. The summed E-state index contributed by atoms with van der Waals surface area (Å²) in [7, 11) is 0. The van der Waals surface area contributed by atoms with Crippen LogP contribution in [0.1, 0.15) is 22.3 Å². The van der Waals surface area contributed by atoms with Crippen LogP contribution in [0.4, 0.5) is 5.69 Å². The van der Waals surface area contributed by atoms with Gasteiger partial charge in [0.2, 0.25) is 0 Å². The number of halogens is 1. The van der Waals surface area contributed by atoms with E-state index >= 15 is 0 Å². The van der Waals surface area contributed by atoms with Gasteiger partial charge in [-0.1, -0.05) is 23.7 Å². The van der Waals surface area contributed by atoms with Crippen molar-refractivity contribution in [1.82, 2.24) is 0 Å². The molecule has 0 unspecified atom stereocenters. The highest BCUT2D eigenvalue weighted by molar-refractivity contribution is 6.33. The Balaban J connectivity index is 2.15. The highest BCUT2D eigenvalue weighted by atomic mass is 35.5. The van der Waals surface area contributed by atoms with E-state index in [0.29, 0.717) is 22.9 Å². The average molecular weight is 287 g/mol. The number of hydrogen-bond donors (Lipinski definition) is 2. The molecular weight excluding hydrogens is 272 g/mol. The molecule has 0 bridgehead atoms. The van der Waals surface area contributed by atoms with Gasteiger partial charge >= 0.3 is 0 Å². The molecule has 0 saturated heterocycles. The van der Waals surface area contributed by atoms with Gasteiger partial charge < -0.3 is 10.4 Å². The van der Waals surface area contributed by atoms with Gasteiger partial charge in [-0.3, -0.25) is 0 Å². The van der Waals surface area contributed by atoms with Crippen molar-refractivity contribution >= 4 is 17.3 Å². The summed E-state index contributed by atoms with van der Waals surface area (Å²) in [5.74, 6) is 0.338. The number of phenolic OH excluding ortho intramolecular Hbond substituents is 1. The topological polar surface area (TPSA) is 56.0 Å². The Labute approximate surface area is 123 Å². The van der Waals surface area contributed by atoms with Gasteiger partial charge in [0.1, 0.15) is 5.75 Å². The summed E-state index contributed by atoms with van der Waals surface area (Å²) >= 11 is 6.11. The third kappa shape index (κ3) is 3.04. The fourth-order valence-corrected chi connectivity index (χ4v) is 2.32. The van der Waals surface area contributed by atoms with Gasteiger partial charge in [0.15, 0.2) is 0 Å². The van der Waals surface area contributed by atoms with Gasteiger partial charge in [0.05, 0.1) is 22.3 Å². The molecule has 0 heterocycles. The van der Waals surface area contributed by atoms with Crippen LogP contribution < -0.4 is 5.32 Å². The smallest absolute Gasteiger partial charge is 0.121 e. The molecule has 0 aliphatic rings. The molecule has 2 aromatic carbocycles. The molecule has 3 nitrogen and oxygen atoms in total. The van der Waals surface area contributed by atoms with Crippen LogP contribution in [-0.2, 0) is 6.54 Å². The van der Waals surface area contributed by atoms with Crippen molar-refractivity contribution in [3.63, 3.8) is 0 Å². The summed E-state index contributed by atoms with van der Waals surface area (Å²) < 4.78 is 0. The van der Waals surface area contributed by atoms with Crippen LogP contribution in [0.3, 0.4) is 0 Å². The summed E-state index contributed by atoms with van der Waals surface area (Å²) in [5.41, 5.74) is 4.10. The van der Waals surface area contributed by atoms with Crippen LogP contribution in [0.5, 0.6) is 5.75 Å². The summed E-state index contributed by atoms with van der Waals surface area (Å²) in [6.07, 6.45) is 0. The molecule has 102 valence electrons. The highest BCUT2D eigenvalue weighted by Gasteiger charge is 2.05. The fraction of sp³-hybridized carbons (Fsp3) is 0.188. The van der Waals surface area contributed by atoms with Crippen LogP contribution >= 0.6 is 11.6 Å². The molecule has 2 rings (SSSR count). The molecule has 0 aromatic heterocycles. The molecule has 0 atom stereocenters. The highest BCUT2D eigenvalue weighted by Crippen LogP contribution is 2.26. The minimum atomic E-state index is 0.338. The number of aromatic hydroxyl groups is 1. The molecule has 0 amide bonds. The van der Waals surface area contributed by atoms with Crippen LogP contribution in [0.25, 0.3) is 0 Å². The Hall–Kier alpha value is -2.18. The number of nitrogens with one attached hydrogen (secondary N) is 1. The zero-order valence-corrected chi connectivity index (χ0v) is 12.1. The van der Waals surface area contributed by atoms with Crippen molar-refractivity contribution in [2.75, 3.05) is 5.32 Å². The van der Waals surface area contributed by atoms with Gasteiger partial charge in [-0.15, -0.1) is 0 Å². The first-order chi connectivity index (χ1) is 9.51. The van der Waals surface area contributed by atoms with E-state index in [1.165, 1.54) is 0 Å². The van der Waals surface area contributed by atoms with E-state index in [4.69, 9.17) is 16.9 Å². The maximum Gasteiger partial charge on any atom is 0.121 e. The second kappa shape index (κ2) is 5.85. The van der Waals surface area contributed by atoms with E-state index in [2.05, 4.69) is 5.32 Å². The molecule has 0 aliphatic carbocycles. The quantitative estimate of drug-likeness (QED) is 0.891. The molecule has 20 heavy (non-hydrogen) atoms. The number of nitriles is 1. The van der Waals surface area contributed by atoms with E-state index in [-0.39, 0.29) is 0 Å². The van der Waals surface area contributed by atoms with Crippen LogP contribution in [0, 0.1) is 25.2 Å². The Morgan fingerprint density at radius 3 is 2.40 bits per heavy atom. The fourth-order valence-electron chi connectivity index (χ4n) is 2.07. The van der Waals surface area contributed by atoms with E-state index in [9.17, 15) is 5.11 Å². The molecule has 0 spiro atoms. The first-order valence-corrected chi connectivity index (χ1v) is 6.61. The lowest BCUT2D eigenvalue weighted by molar-refractivity contribution is 0.466. The van der Waals surface area contributed by atoms with Gasteiger partial charge in [0, 0.05) is 6.54 Å². The van der Waals surface area contributed by atoms with Crippen LogP contribution in [0.15, 0.2) is 30.3 Å². The third-order valence-electron chi connectivity index (χ3n) is 3.13. The molecular formula is C16H15ClN2O. The predicted octanol–water partition coefficient (Wildman–Crippen LogP) is 4.15. The van der Waals surface area contributed by atoms with E-state index < -0.39 is 0 Å². The van der Waals surface area contributed by atoms with Gasteiger partial charge in [-0.05, 0) is 48.7 Å². The van der Waals surface area contributed by atoms with Crippen molar-refractivity contribution in [3.05, 3.63) is 57.6 Å². The lowest BCUT2D eigenvalue weighted by Gasteiger charge is -2.11. The first kappa shape index (κ1) is 14.2. The lowest BCUT2D eigenvalue weighted by atomic mass is 10.1. The SMILES string of the molecule is Cc1cc(CNc2ccc(C#N)cc2Cl)cc(C)c1O. The van der Waals surface area contributed by atoms with Crippen molar-refractivity contribution in [3.8, 4) is 11.8 Å². The zero-order valence-electron chi connectivity index (χ0n) is 11.4. The summed E-state index contributed by atoms with van der Waals surface area (Å²) in [6, 6.07) is 11.1. The van der Waals surface area contributed by atoms with Crippen molar-refractivity contribution in [1.29, 1.82) is 5.26 Å².